The number of unbranched alkanes of at least 4 members (excludes halogenated alkanes) is 5. The Morgan fingerprint density at radius 2 is 1.04 bits per heavy atom. The van der Waals surface area contributed by atoms with Gasteiger partial charge in [0.15, 0.2) is 0 Å². The first-order chi connectivity index (χ1) is 12.8. The molecule has 0 aromatic heterocycles. The van der Waals surface area contributed by atoms with E-state index in [2.05, 4.69) is 13.8 Å². The summed E-state index contributed by atoms with van der Waals surface area (Å²) in [7, 11) is 0. The fraction of sp³-hybridized carbons (Fsp3) is 0.826. The standard InChI is InChI=1S/C23H42O4/c1-7-9-11-12-13-15-21(23(25)27-17-19(5)6)20(14-10-8-2)22(24)26-16-18(3)4/h18-19H,7-17H2,1-6H3. The summed E-state index contributed by atoms with van der Waals surface area (Å²) in [6.45, 7) is 13.1. The van der Waals surface area contributed by atoms with Crippen LogP contribution in [0.2, 0.25) is 0 Å². The minimum Gasteiger partial charge on any atom is -0.462 e. The maximum absolute atomic E-state index is 12.7. The quantitative estimate of drug-likeness (QED) is 0.191. The highest BCUT2D eigenvalue weighted by atomic mass is 16.5. The number of carbonyl (C=O) groups is 2. The molecule has 0 saturated heterocycles. The van der Waals surface area contributed by atoms with Gasteiger partial charge in [-0.25, -0.2) is 9.59 Å². The van der Waals surface area contributed by atoms with E-state index in [0.717, 1.165) is 32.1 Å². The van der Waals surface area contributed by atoms with Crippen molar-refractivity contribution in [3.8, 4) is 0 Å². The van der Waals surface area contributed by atoms with E-state index in [-0.39, 0.29) is 23.8 Å². The molecule has 0 rings (SSSR count). The first kappa shape index (κ1) is 25.7. The van der Waals surface area contributed by atoms with Crippen molar-refractivity contribution in [2.75, 3.05) is 13.2 Å². The molecule has 0 aromatic rings. The van der Waals surface area contributed by atoms with Gasteiger partial charge in [0.25, 0.3) is 0 Å². The van der Waals surface area contributed by atoms with Crippen LogP contribution in [0.5, 0.6) is 0 Å². The maximum Gasteiger partial charge on any atom is 0.334 e. The van der Waals surface area contributed by atoms with Gasteiger partial charge in [0.05, 0.1) is 13.2 Å². The summed E-state index contributed by atoms with van der Waals surface area (Å²) in [6.07, 6.45) is 8.51. The molecule has 4 heteroatoms. The molecule has 0 unspecified atom stereocenters. The molecule has 0 radical (unpaired) electrons. The van der Waals surface area contributed by atoms with Crippen LogP contribution in [0.1, 0.15) is 99.3 Å². The van der Waals surface area contributed by atoms with Crippen LogP contribution in [0.3, 0.4) is 0 Å². The average molecular weight is 383 g/mol. The van der Waals surface area contributed by atoms with Crippen molar-refractivity contribution in [2.45, 2.75) is 99.3 Å². The van der Waals surface area contributed by atoms with Crippen molar-refractivity contribution >= 4 is 11.9 Å². The Morgan fingerprint density at radius 3 is 1.44 bits per heavy atom. The molecule has 0 spiro atoms. The van der Waals surface area contributed by atoms with Crippen LogP contribution in [0.25, 0.3) is 0 Å². The predicted molar refractivity (Wildman–Crippen MR) is 112 cm³/mol. The zero-order valence-corrected chi connectivity index (χ0v) is 18.6. The third kappa shape index (κ3) is 12.6. The minimum atomic E-state index is -0.345. The molecule has 0 bridgehead atoms. The molecule has 27 heavy (non-hydrogen) atoms. The SMILES string of the molecule is CCCCCCCC(C(=O)OCC(C)C)=C(CCCC)C(=O)OCC(C)C. The van der Waals surface area contributed by atoms with E-state index in [9.17, 15) is 9.59 Å². The molecule has 0 aliphatic heterocycles. The predicted octanol–water partition coefficient (Wildman–Crippen LogP) is 6.23. The Morgan fingerprint density at radius 1 is 0.630 bits per heavy atom. The Labute approximate surface area is 167 Å². The second-order valence-corrected chi connectivity index (χ2v) is 8.21. The molecule has 0 aromatic carbocycles. The molecule has 0 saturated carbocycles. The van der Waals surface area contributed by atoms with Crippen molar-refractivity contribution < 1.29 is 19.1 Å². The molecule has 0 aliphatic carbocycles. The summed E-state index contributed by atoms with van der Waals surface area (Å²) in [5.41, 5.74) is 1.07. The summed E-state index contributed by atoms with van der Waals surface area (Å²) in [6, 6.07) is 0. The molecule has 0 atom stereocenters. The molecule has 0 amide bonds. The number of hydrogen-bond acceptors (Lipinski definition) is 4. The number of hydrogen-bond donors (Lipinski definition) is 0. The highest BCUT2D eigenvalue weighted by Gasteiger charge is 2.23. The molecular formula is C23H42O4. The summed E-state index contributed by atoms with van der Waals surface area (Å²) >= 11 is 0. The van der Waals surface area contributed by atoms with E-state index in [4.69, 9.17) is 9.47 Å². The van der Waals surface area contributed by atoms with Crippen LogP contribution in [-0.2, 0) is 19.1 Å². The van der Waals surface area contributed by atoms with Crippen LogP contribution in [0.4, 0.5) is 0 Å². The zero-order valence-electron chi connectivity index (χ0n) is 18.6. The molecule has 0 aliphatic rings. The summed E-state index contributed by atoms with van der Waals surface area (Å²) in [5.74, 6) is -0.146. The second kappa shape index (κ2) is 15.7. The largest absolute Gasteiger partial charge is 0.462 e. The van der Waals surface area contributed by atoms with Gasteiger partial charge in [0.1, 0.15) is 0 Å². The lowest BCUT2D eigenvalue weighted by Crippen LogP contribution is -2.20. The Hall–Kier alpha value is -1.32. The van der Waals surface area contributed by atoms with Gasteiger partial charge < -0.3 is 9.47 Å². The number of esters is 2. The third-order valence-corrected chi connectivity index (χ3v) is 4.26. The maximum atomic E-state index is 12.7. The lowest BCUT2D eigenvalue weighted by molar-refractivity contribution is -0.143. The number of carbonyl (C=O) groups excluding carboxylic acids is 2. The van der Waals surface area contributed by atoms with Crippen LogP contribution >= 0.6 is 0 Å². The third-order valence-electron chi connectivity index (χ3n) is 4.26. The first-order valence-electron chi connectivity index (χ1n) is 10.9. The van der Waals surface area contributed by atoms with Crippen LogP contribution < -0.4 is 0 Å². The van der Waals surface area contributed by atoms with Crippen molar-refractivity contribution in [3.05, 3.63) is 11.1 Å². The zero-order chi connectivity index (χ0) is 20.7. The van der Waals surface area contributed by atoms with E-state index < -0.39 is 0 Å². The lowest BCUT2D eigenvalue weighted by Gasteiger charge is -2.16. The molecule has 158 valence electrons. The van der Waals surface area contributed by atoms with Crippen molar-refractivity contribution in [2.24, 2.45) is 11.8 Å². The lowest BCUT2D eigenvalue weighted by atomic mass is 9.97. The van der Waals surface area contributed by atoms with Gasteiger partial charge in [0.2, 0.25) is 0 Å². The topological polar surface area (TPSA) is 52.6 Å². The van der Waals surface area contributed by atoms with Crippen LogP contribution in [0, 0.1) is 11.8 Å². The normalized spacial score (nSPS) is 12.3. The van der Waals surface area contributed by atoms with Gasteiger partial charge in [0, 0.05) is 11.1 Å². The summed E-state index contributed by atoms with van der Waals surface area (Å²) < 4.78 is 10.9. The van der Waals surface area contributed by atoms with Crippen LogP contribution in [-0.4, -0.2) is 25.2 Å². The van der Waals surface area contributed by atoms with Crippen molar-refractivity contribution in [3.63, 3.8) is 0 Å². The van der Waals surface area contributed by atoms with Gasteiger partial charge in [-0.3, -0.25) is 0 Å². The smallest absolute Gasteiger partial charge is 0.334 e. The number of ether oxygens (including phenoxy) is 2. The van der Waals surface area contributed by atoms with Gasteiger partial charge in [-0.05, 0) is 37.5 Å². The number of rotatable bonds is 15. The highest BCUT2D eigenvalue weighted by Crippen LogP contribution is 2.22. The minimum absolute atomic E-state index is 0.270. The van der Waals surface area contributed by atoms with Crippen LogP contribution in [0.15, 0.2) is 11.1 Å². The van der Waals surface area contributed by atoms with E-state index >= 15 is 0 Å². The first-order valence-corrected chi connectivity index (χ1v) is 10.9. The van der Waals surface area contributed by atoms with Gasteiger partial charge in [-0.2, -0.15) is 0 Å². The summed E-state index contributed by atoms with van der Waals surface area (Å²) in [5, 5.41) is 0. The van der Waals surface area contributed by atoms with Gasteiger partial charge in [-0.15, -0.1) is 0 Å². The monoisotopic (exact) mass is 382 g/mol. The molecule has 4 nitrogen and oxygen atoms in total. The van der Waals surface area contributed by atoms with Crippen molar-refractivity contribution in [1.29, 1.82) is 0 Å². The highest BCUT2D eigenvalue weighted by molar-refractivity contribution is 6.00. The molecule has 0 N–H and O–H groups in total. The summed E-state index contributed by atoms with van der Waals surface area (Å²) in [4.78, 5) is 25.4. The Balaban J connectivity index is 5.37. The molecule has 0 fully saturated rings. The molecule has 0 heterocycles. The van der Waals surface area contributed by atoms with Gasteiger partial charge >= 0.3 is 11.9 Å². The van der Waals surface area contributed by atoms with E-state index in [1.165, 1.54) is 12.8 Å². The second-order valence-electron chi connectivity index (χ2n) is 8.21. The Kier molecular flexibility index (Phi) is 14.9. The Bertz CT molecular complexity index is 449. The fourth-order valence-electron chi connectivity index (χ4n) is 2.67. The van der Waals surface area contributed by atoms with E-state index in [1.54, 1.807) is 0 Å². The van der Waals surface area contributed by atoms with Crippen molar-refractivity contribution in [1.82, 2.24) is 0 Å². The van der Waals surface area contributed by atoms with E-state index in [1.807, 2.05) is 27.7 Å². The van der Waals surface area contributed by atoms with Gasteiger partial charge in [-0.1, -0.05) is 73.6 Å². The molecular weight excluding hydrogens is 340 g/mol. The fourth-order valence-corrected chi connectivity index (χ4v) is 2.67. The van der Waals surface area contributed by atoms with E-state index in [0.29, 0.717) is 37.2 Å². The average Bonchev–Trinajstić information content (AvgIpc) is 2.62.